The number of aliphatic hydroxyl groups excluding tert-OH is 1. The normalized spacial score (nSPS) is 15.2. The second-order valence-corrected chi connectivity index (χ2v) is 6.17. The van der Waals surface area contributed by atoms with Crippen molar-refractivity contribution in [3.63, 3.8) is 0 Å². The zero-order valence-electron chi connectivity index (χ0n) is 11.1. The first kappa shape index (κ1) is 15.1. The quantitative estimate of drug-likeness (QED) is 0.859. The Balaban J connectivity index is 2.81. The van der Waals surface area contributed by atoms with Gasteiger partial charge in [-0.05, 0) is 24.5 Å². The van der Waals surface area contributed by atoms with Gasteiger partial charge in [0.05, 0.1) is 6.61 Å². The second-order valence-electron chi connectivity index (χ2n) is 5.05. The maximum atomic E-state index is 13.7. The van der Waals surface area contributed by atoms with Gasteiger partial charge < -0.3 is 9.84 Å². The van der Waals surface area contributed by atoms with Crippen molar-refractivity contribution in [2.75, 3.05) is 6.61 Å². The Bertz CT molecular complexity index is 409. The van der Waals surface area contributed by atoms with Crippen LogP contribution in [0.15, 0.2) is 12.1 Å². The van der Waals surface area contributed by atoms with Gasteiger partial charge in [0.15, 0.2) is 0 Å². The van der Waals surface area contributed by atoms with Gasteiger partial charge in [0.2, 0.25) is 6.17 Å². The van der Waals surface area contributed by atoms with Gasteiger partial charge in [0, 0.05) is 9.75 Å². The molecule has 0 bridgehead atoms. The van der Waals surface area contributed by atoms with Crippen molar-refractivity contribution in [3.8, 4) is 0 Å². The van der Waals surface area contributed by atoms with Gasteiger partial charge in [0.1, 0.15) is 6.10 Å². The molecule has 5 heteroatoms. The largest absolute Gasteiger partial charge is 0.464 e. The maximum Gasteiger partial charge on any atom is 0.343 e. The number of rotatable bonds is 4. The summed E-state index contributed by atoms with van der Waals surface area (Å²) in [6, 6.07) is 3.50. The molecule has 0 aliphatic carbocycles. The molecule has 1 N–H and O–H groups in total. The third kappa shape index (κ3) is 3.53. The molecule has 0 aliphatic rings. The van der Waals surface area contributed by atoms with Gasteiger partial charge in [0.25, 0.3) is 0 Å². The molecule has 0 radical (unpaired) electrons. The number of aliphatic hydroxyl groups is 1. The number of halogens is 1. The van der Waals surface area contributed by atoms with E-state index in [0.29, 0.717) is 4.88 Å². The maximum absolute atomic E-state index is 13.7. The van der Waals surface area contributed by atoms with Crippen LogP contribution in [0.3, 0.4) is 0 Å². The summed E-state index contributed by atoms with van der Waals surface area (Å²) in [6.07, 6.45) is -3.48. The van der Waals surface area contributed by atoms with Crippen molar-refractivity contribution in [2.45, 2.75) is 45.4 Å². The number of hydrogen-bond acceptors (Lipinski definition) is 4. The molecule has 1 rings (SSSR count). The minimum atomic E-state index is -2.03. The number of carbonyl (C=O) groups excluding carboxylic acids is 1. The summed E-state index contributed by atoms with van der Waals surface area (Å²) < 4.78 is 18.2. The zero-order valence-corrected chi connectivity index (χ0v) is 11.9. The van der Waals surface area contributed by atoms with Crippen LogP contribution in [0.25, 0.3) is 0 Å². The molecule has 0 amide bonds. The Morgan fingerprint density at radius 2 is 2.11 bits per heavy atom. The molecule has 1 heterocycles. The van der Waals surface area contributed by atoms with Crippen LogP contribution < -0.4 is 0 Å². The van der Waals surface area contributed by atoms with Crippen LogP contribution in [0.2, 0.25) is 0 Å². The van der Waals surface area contributed by atoms with Gasteiger partial charge in [-0.1, -0.05) is 20.8 Å². The molecule has 1 aromatic heterocycles. The summed E-state index contributed by atoms with van der Waals surface area (Å²) in [6.45, 7) is 7.80. The van der Waals surface area contributed by atoms with Crippen molar-refractivity contribution in [1.29, 1.82) is 0 Å². The standard InChI is InChI=1S/C13H19FO3S/c1-5-17-12(16)10(14)11(15)8-6-7-9(18-8)13(2,3)4/h6-7,10-11,15H,5H2,1-4H3. The lowest BCUT2D eigenvalue weighted by molar-refractivity contribution is -0.153. The first-order valence-electron chi connectivity index (χ1n) is 5.86. The molecule has 3 nitrogen and oxygen atoms in total. The number of alkyl halides is 1. The highest BCUT2D eigenvalue weighted by Gasteiger charge is 2.31. The van der Waals surface area contributed by atoms with Crippen molar-refractivity contribution in [1.82, 2.24) is 0 Å². The van der Waals surface area contributed by atoms with E-state index in [4.69, 9.17) is 0 Å². The molecule has 0 fully saturated rings. The highest BCUT2D eigenvalue weighted by molar-refractivity contribution is 7.12. The van der Waals surface area contributed by atoms with E-state index in [1.54, 1.807) is 13.0 Å². The molecule has 102 valence electrons. The lowest BCUT2D eigenvalue weighted by Gasteiger charge is -2.16. The van der Waals surface area contributed by atoms with E-state index >= 15 is 0 Å². The van der Waals surface area contributed by atoms with Crippen LogP contribution in [-0.2, 0) is 14.9 Å². The lowest BCUT2D eigenvalue weighted by Crippen LogP contribution is -2.25. The average molecular weight is 274 g/mol. The number of thiophene rings is 1. The summed E-state index contributed by atoms with van der Waals surface area (Å²) in [5, 5.41) is 9.80. The average Bonchev–Trinajstić information content (AvgIpc) is 2.76. The Hall–Kier alpha value is -0.940. The Morgan fingerprint density at radius 3 is 2.56 bits per heavy atom. The number of hydrogen-bond donors (Lipinski definition) is 1. The van der Waals surface area contributed by atoms with E-state index in [1.807, 2.05) is 26.8 Å². The predicted molar refractivity (Wildman–Crippen MR) is 69.5 cm³/mol. The molecule has 0 aromatic carbocycles. The van der Waals surface area contributed by atoms with E-state index in [0.717, 1.165) is 4.88 Å². The fraction of sp³-hybridized carbons (Fsp3) is 0.615. The summed E-state index contributed by atoms with van der Waals surface area (Å²) >= 11 is 1.31. The SMILES string of the molecule is CCOC(=O)C(F)C(O)c1ccc(C(C)(C)C)s1. The highest BCUT2D eigenvalue weighted by atomic mass is 32.1. The number of carbonyl (C=O) groups is 1. The van der Waals surface area contributed by atoms with Gasteiger partial charge in [-0.2, -0.15) is 0 Å². The third-order valence-corrected chi connectivity index (χ3v) is 4.03. The third-order valence-electron chi connectivity index (χ3n) is 2.45. The number of ether oxygens (including phenoxy) is 1. The minimum absolute atomic E-state index is 0.0572. The van der Waals surface area contributed by atoms with E-state index in [1.165, 1.54) is 11.3 Å². The van der Waals surface area contributed by atoms with Crippen molar-refractivity contribution in [3.05, 3.63) is 21.9 Å². The van der Waals surface area contributed by atoms with E-state index in [9.17, 15) is 14.3 Å². The predicted octanol–water partition coefficient (Wildman–Crippen LogP) is 2.98. The lowest BCUT2D eigenvalue weighted by atomic mass is 9.95. The zero-order chi connectivity index (χ0) is 13.9. The van der Waals surface area contributed by atoms with Crippen LogP contribution in [0.4, 0.5) is 4.39 Å². The van der Waals surface area contributed by atoms with Crippen LogP contribution >= 0.6 is 11.3 Å². The molecular formula is C13H19FO3S. The molecule has 2 unspecified atom stereocenters. The fourth-order valence-electron chi connectivity index (χ4n) is 1.41. The number of esters is 1. The summed E-state index contributed by atoms with van der Waals surface area (Å²) in [4.78, 5) is 12.7. The summed E-state index contributed by atoms with van der Waals surface area (Å²) in [5.41, 5.74) is -0.0572. The first-order chi connectivity index (χ1) is 8.27. The van der Waals surface area contributed by atoms with Crippen LogP contribution in [0.5, 0.6) is 0 Å². The Labute approximate surface area is 111 Å². The van der Waals surface area contributed by atoms with E-state index in [2.05, 4.69) is 4.74 Å². The van der Waals surface area contributed by atoms with Crippen molar-refractivity contribution >= 4 is 17.3 Å². The van der Waals surface area contributed by atoms with E-state index < -0.39 is 18.2 Å². The van der Waals surface area contributed by atoms with Gasteiger partial charge >= 0.3 is 5.97 Å². The topological polar surface area (TPSA) is 46.5 Å². The molecule has 0 aliphatic heterocycles. The monoisotopic (exact) mass is 274 g/mol. The van der Waals surface area contributed by atoms with Gasteiger partial charge in [-0.3, -0.25) is 0 Å². The molecule has 0 saturated carbocycles. The Kier molecular flexibility index (Phi) is 4.87. The molecule has 2 atom stereocenters. The van der Waals surface area contributed by atoms with Crippen LogP contribution in [-0.4, -0.2) is 23.9 Å². The molecular weight excluding hydrogens is 255 g/mol. The Morgan fingerprint density at radius 1 is 1.50 bits per heavy atom. The molecule has 0 saturated heterocycles. The summed E-state index contributed by atoms with van der Waals surface area (Å²) in [7, 11) is 0. The van der Waals surface area contributed by atoms with Crippen LogP contribution in [0, 0.1) is 0 Å². The molecule has 18 heavy (non-hydrogen) atoms. The molecule has 1 aromatic rings. The first-order valence-corrected chi connectivity index (χ1v) is 6.68. The van der Waals surface area contributed by atoms with Gasteiger partial charge in [-0.25, -0.2) is 9.18 Å². The van der Waals surface area contributed by atoms with Gasteiger partial charge in [-0.15, -0.1) is 11.3 Å². The van der Waals surface area contributed by atoms with Crippen LogP contribution in [0.1, 0.15) is 43.6 Å². The fourth-order valence-corrected chi connectivity index (χ4v) is 2.48. The van der Waals surface area contributed by atoms with E-state index in [-0.39, 0.29) is 12.0 Å². The summed E-state index contributed by atoms with van der Waals surface area (Å²) in [5.74, 6) is -1.02. The highest BCUT2D eigenvalue weighted by Crippen LogP contribution is 2.34. The van der Waals surface area contributed by atoms with Crippen molar-refractivity contribution < 1.29 is 19.0 Å². The second kappa shape index (κ2) is 5.80. The molecule has 0 spiro atoms. The van der Waals surface area contributed by atoms with Crippen molar-refractivity contribution in [2.24, 2.45) is 0 Å². The minimum Gasteiger partial charge on any atom is -0.464 e. The smallest absolute Gasteiger partial charge is 0.343 e.